The number of pyridine rings is 1. The van der Waals surface area contributed by atoms with Gasteiger partial charge in [-0.2, -0.15) is 5.26 Å². The molecule has 0 unspecified atom stereocenters. The molecule has 27 heavy (non-hydrogen) atoms. The Bertz CT molecular complexity index is 905. The Kier molecular flexibility index (Phi) is 4.92. The molecule has 8 nitrogen and oxygen atoms in total. The molecule has 1 saturated heterocycles. The molecule has 0 radical (unpaired) electrons. The molecule has 2 aromatic heterocycles. The third kappa shape index (κ3) is 4.03. The van der Waals surface area contributed by atoms with Crippen molar-refractivity contribution in [2.24, 2.45) is 0 Å². The Morgan fingerprint density at radius 1 is 1.11 bits per heavy atom. The third-order valence-corrected chi connectivity index (χ3v) is 4.74. The van der Waals surface area contributed by atoms with Gasteiger partial charge in [0.2, 0.25) is 5.95 Å². The van der Waals surface area contributed by atoms with E-state index in [0.29, 0.717) is 24.1 Å². The van der Waals surface area contributed by atoms with Crippen LogP contribution in [0.1, 0.15) is 24.0 Å². The zero-order valence-corrected chi connectivity index (χ0v) is 14.9. The van der Waals surface area contributed by atoms with E-state index >= 15 is 0 Å². The first-order valence-electron chi connectivity index (χ1n) is 8.99. The molecule has 0 amide bonds. The van der Waals surface area contributed by atoms with Crippen LogP contribution in [0.4, 0.5) is 11.8 Å². The number of rotatable bonds is 5. The van der Waals surface area contributed by atoms with Crippen molar-refractivity contribution in [3.63, 3.8) is 0 Å². The summed E-state index contributed by atoms with van der Waals surface area (Å²) in [5, 5.41) is 24.4. The molecule has 1 fully saturated rings. The van der Waals surface area contributed by atoms with Crippen LogP contribution in [-0.4, -0.2) is 44.3 Å². The molecule has 136 valence electrons. The molecule has 4 rings (SSSR count). The second-order valence-corrected chi connectivity index (χ2v) is 6.57. The minimum Gasteiger partial charge on any atom is -0.356 e. The summed E-state index contributed by atoms with van der Waals surface area (Å²) in [7, 11) is 0. The highest BCUT2D eigenvalue weighted by Gasteiger charge is 2.21. The van der Waals surface area contributed by atoms with E-state index in [4.69, 9.17) is 5.26 Å². The van der Waals surface area contributed by atoms with Crippen molar-refractivity contribution in [1.29, 1.82) is 5.26 Å². The maximum Gasteiger partial charge on any atom is 0.243 e. The van der Waals surface area contributed by atoms with E-state index in [1.54, 1.807) is 10.9 Å². The maximum atomic E-state index is 8.88. The number of benzene rings is 1. The fourth-order valence-electron chi connectivity index (χ4n) is 3.25. The fraction of sp³-hybridized carbons (Fsp3) is 0.316. The second kappa shape index (κ2) is 7.83. The Hall–Kier alpha value is -3.47. The number of tetrazole rings is 1. The van der Waals surface area contributed by atoms with Crippen LogP contribution in [0.25, 0.3) is 0 Å². The van der Waals surface area contributed by atoms with Crippen LogP contribution in [-0.2, 0) is 6.54 Å². The van der Waals surface area contributed by atoms with Gasteiger partial charge in [-0.1, -0.05) is 35.4 Å². The molecule has 1 aliphatic heterocycles. The maximum absolute atomic E-state index is 8.88. The lowest BCUT2D eigenvalue weighted by Gasteiger charge is -2.33. The van der Waals surface area contributed by atoms with Gasteiger partial charge in [0.05, 0.1) is 12.1 Å². The van der Waals surface area contributed by atoms with Gasteiger partial charge in [0.1, 0.15) is 11.9 Å². The summed E-state index contributed by atoms with van der Waals surface area (Å²) in [4.78, 5) is 6.62. The van der Waals surface area contributed by atoms with Crippen molar-refractivity contribution in [2.75, 3.05) is 23.3 Å². The van der Waals surface area contributed by atoms with Gasteiger partial charge >= 0.3 is 0 Å². The predicted molar refractivity (Wildman–Crippen MR) is 101 cm³/mol. The zero-order valence-electron chi connectivity index (χ0n) is 14.9. The van der Waals surface area contributed by atoms with E-state index in [0.717, 1.165) is 37.3 Å². The quantitative estimate of drug-likeness (QED) is 0.744. The van der Waals surface area contributed by atoms with Crippen LogP contribution < -0.4 is 10.2 Å². The monoisotopic (exact) mass is 360 g/mol. The highest BCUT2D eigenvalue weighted by molar-refractivity contribution is 5.42. The summed E-state index contributed by atoms with van der Waals surface area (Å²) in [5.74, 6) is 1.62. The van der Waals surface area contributed by atoms with Gasteiger partial charge in [-0.15, -0.1) is 0 Å². The van der Waals surface area contributed by atoms with Crippen LogP contribution in [0.5, 0.6) is 0 Å². The van der Waals surface area contributed by atoms with Gasteiger partial charge in [-0.3, -0.25) is 0 Å². The average molecular weight is 360 g/mol. The number of nitriles is 1. The second-order valence-electron chi connectivity index (χ2n) is 6.57. The lowest BCUT2D eigenvalue weighted by Crippen LogP contribution is -2.40. The summed E-state index contributed by atoms with van der Waals surface area (Å²) < 4.78 is 1.80. The fourth-order valence-corrected chi connectivity index (χ4v) is 3.25. The molecule has 0 spiro atoms. The standard InChI is InChI=1S/C19H20N8/c20-12-16-6-7-18(21-13-16)26-10-8-17(9-11-26)22-19-23-24-25-27(19)14-15-4-2-1-3-5-15/h1-7,13,17H,8-11,14H2,(H,22,23,25). The normalized spacial score (nSPS) is 14.7. The van der Waals surface area contributed by atoms with Crippen LogP contribution in [0, 0.1) is 11.3 Å². The highest BCUT2D eigenvalue weighted by atomic mass is 15.6. The third-order valence-electron chi connectivity index (χ3n) is 4.74. The van der Waals surface area contributed by atoms with Crippen molar-refractivity contribution in [3.8, 4) is 6.07 Å². The average Bonchev–Trinajstić information content (AvgIpc) is 3.16. The molecule has 0 saturated carbocycles. The summed E-state index contributed by atoms with van der Waals surface area (Å²) in [6, 6.07) is 16.3. The lowest BCUT2D eigenvalue weighted by atomic mass is 10.1. The molecule has 1 aromatic carbocycles. The van der Waals surface area contributed by atoms with Crippen LogP contribution in [0.15, 0.2) is 48.7 Å². The van der Waals surface area contributed by atoms with Gasteiger partial charge in [-0.05, 0) is 41.0 Å². The summed E-state index contributed by atoms with van der Waals surface area (Å²) in [5.41, 5.74) is 1.75. The molecule has 3 heterocycles. The topological polar surface area (TPSA) is 95.5 Å². The van der Waals surface area contributed by atoms with E-state index in [2.05, 4.69) is 48.9 Å². The van der Waals surface area contributed by atoms with E-state index < -0.39 is 0 Å². The highest BCUT2D eigenvalue weighted by Crippen LogP contribution is 2.20. The first-order chi connectivity index (χ1) is 13.3. The van der Waals surface area contributed by atoms with Crippen molar-refractivity contribution in [2.45, 2.75) is 25.4 Å². The Balaban J connectivity index is 1.34. The summed E-state index contributed by atoms with van der Waals surface area (Å²) in [6.45, 7) is 2.44. The van der Waals surface area contributed by atoms with Crippen molar-refractivity contribution >= 4 is 11.8 Å². The van der Waals surface area contributed by atoms with Gasteiger partial charge < -0.3 is 10.2 Å². The van der Waals surface area contributed by atoms with Gasteiger partial charge in [0.15, 0.2) is 0 Å². The minimum absolute atomic E-state index is 0.320. The molecular formula is C19H20N8. The smallest absolute Gasteiger partial charge is 0.243 e. The number of anilines is 2. The predicted octanol–water partition coefficient (Wildman–Crippen LogP) is 2.07. The van der Waals surface area contributed by atoms with Crippen LogP contribution in [0.2, 0.25) is 0 Å². The number of aromatic nitrogens is 5. The van der Waals surface area contributed by atoms with Crippen LogP contribution >= 0.6 is 0 Å². The first kappa shape index (κ1) is 17.0. The summed E-state index contributed by atoms with van der Waals surface area (Å²) in [6.07, 6.45) is 3.57. The molecule has 0 aliphatic carbocycles. The number of hydrogen-bond donors (Lipinski definition) is 1. The van der Waals surface area contributed by atoms with E-state index in [1.807, 2.05) is 30.3 Å². The Morgan fingerprint density at radius 3 is 2.63 bits per heavy atom. The molecule has 1 N–H and O–H groups in total. The van der Waals surface area contributed by atoms with Crippen LogP contribution in [0.3, 0.4) is 0 Å². The molecule has 8 heteroatoms. The first-order valence-corrected chi connectivity index (χ1v) is 8.99. The zero-order chi connectivity index (χ0) is 18.5. The lowest BCUT2D eigenvalue weighted by molar-refractivity contribution is 0.516. The molecule has 3 aromatic rings. The van der Waals surface area contributed by atoms with Gasteiger partial charge in [-0.25, -0.2) is 9.67 Å². The number of nitrogens with one attached hydrogen (secondary N) is 1. The molecule has 0 atom stereocenters. The molecular weight excluding hydrogens is 340 g/mol. The van der Waals surface area contributed by atoms with E-state index in [9.17, 15) is 0 Å². The number of nitrogens with zero attached hydrogens (tertiary/aromatic N) is 7. The van der Waals surface area contributed by atoms with Gasteiger partial charge in [0.25, 0.3) is 0 Å². The van der Waals surface area contributed by atoms with E-state index in [1.165, 1.54) is 0 Å². The Labute approximate surface area is 157 Å². The number of hydrogen-bond acceptors (Lipinski definition) is 7. The molecule has 1 aliphatic rings. The summed E-state index contributed by atoms with van der Waals surface area (Å²) >= 11 is 0. The largest absolute Gasteiger partial charge is 0.356 e. The Morgan fingerprint density at radius 2 is 1.93 bits per heavy atom. The number of piperidine rings is 1. The molecule has 0 bridgehead atoms. The van der Waals surface area contributed by atoms with Crippen molar-refractivity contribution in [1.82, 2.24) is 25.2 Å². The minimum atomic E-state index is 0.320. The van der Waals surface area contributed by atoms with Crippen molar-refractivity contribution in [3.05, 3.63) is 59.8 Å². The van der Waals surface area contributed by atoms with E-state index in [-0.39, 0.29) is 0 Å². The SMILES string of the molecule is N#Cc1ccc(N2CCC(Nc3nnnn3Cc3ccccc3)CC2)nc1. The van der Waals surface area contributed by atoms with Crippen molar-refractivity contribution < 1.29 is 0 Å². The van der Waals surface area contributed by atoms with Gasteiger partial charge in [0, 0.05) is 25.3 Å².